The van der Waals surface area contributed by atoms with E-state index < -0.39 is 0 Å². The second-order valence-corrected chi connectivity index (χ2v) is 7.01. The Balaban J connectivity index is 1.85. The van der Waals surface area contributed by atoms with Crippen LogP contribution in [0.3, 0.4) is 0 Å². The smallest absolute Gasteiger partial charge is 0.226 e. The number of amides is 1. The first-order valence-electron chi connectivity index (χ1n) is 7.61. The zero-order valence-corrected chi connectivity index (χ0v) is 13.9. The summed E-state index contributed by atoms with van der Waals surface area (Å²) in [5, 5.41) is 9.61. The molecule has 1 amide bonds. The van der Waals surface area contributed by atoms with Crippen molar-refractivity contribution in [3.63, 3.8) is 0 Å². The van der Waals surface area contributed by atoms with E-state index in [4.69, 9.17) is 0 Å². The fraction of sp³-hybridized carbons (Fsp3) is 0.222. The van der Waals surface area contributed by atoms with E-state index >= 15 is 0 Å². The van der Waals surface area contributed by atoms with Gasteiger partial charge in [0, 0.05) is 22.8 Å². The minimum atomic E-state index is 0.0435. The molecule has 4 nitrogen and oxygen atoms in total. The highest BCUT2D eigenvalue weighted by Gasteiger charge is 2.30. The Morgan fingerprint density at radius 1 is 1.26 bits per heavy atom. The van der Waals surface area contributed by atoms with Gasteiger partial charge in [-0.1, -0.05) is 12.1 Å². The number of carbonyl (C=O) groups excluding carboxylic acids is 1. The molecule has 0 spiro atoms. The van der Waals surface area contributed by atoms with Gasteiger partial charge in [-0.05, 0) is 48.6 Å². The molecule has 3 heterocycles. The average Bonchev–Trinajstić information content (AvgIpc) is 3.14. The van der Waals surface area contributed by atoms with E-state index in [1.807, 2.05) is 16.9 Å². The van der Waals surface area contributed by atoms with Gasteiger partial charge in [0.2, 0.25) is 5.91 Å². The maximum atomic E-state index is 12.2. The Kier molecular flexibility index (Phi) is 3.31. The molecule has 116 valence electrons. The fourth-order valence-corrected chi connectivity index (χ4v) is 4.08. The summed E-state index contributed by atoms with van der Waals surface area (Å²) in [6.45, 7) is 4.14. The van der Waals surface area contributed by atoms with Gasteiger partial charge in [0.15, 0.2) is 0 Å². The molecule has 1 aliphatic heterocycles. The highest BCUT2D eigenvalue weighted by molar-refractivity contribution is 7.10. The summed E-state index contributed by atoms with van der Waals surface area (Å²) in [4.78, 5) is 13.4. The van der Waals surface area contributed by atoms with E-state index in [0.717, 1.165) is 17.1 Å². The molecule has 2 aromatic heterocycles. The molecule has 1 N–H and O–H groups in total. The van der Waals surface area contributed by atoms with Crippen molar-refractivity contribution in [1.29, 1.82) is 0 Å². The Bertz CT molecular complexity index is 860. The molecule has 1 unspecified atom stereocenters. The average molecular weight is 323 g/mol. The maximum absolute atomic E-state index is 12.2. The summed E-state index contributed by atoms with van der Waals surface area (Å²) in [6, 6.07) is 10.4. The highest BCUT2D eigenvalue weighted by atomic mass is 32.1. The van der Waals surface area contributed by atoms with Crippen molar-refractivity contribution in [3.8, 4) is 5.69 Å². The molecule has 1 aromatic carbocycles. The van der Waals surface area contributed by atoms with Gasteiger partial charge in [-0.3, -0.25) is 4.79 Å². The fourth-order valence-electron chi connectivity index (χ4n) is 3.23. The quantitative estimate of drug-likeness (QED) is 0.774. The maximum Gasteiger partial charge on any atom is 0.226 e. The Labute approximate surface area is 138 Å². The number of fused-ring (bicyclic) bond motifs is 1. The van der Waals surface area contributed by atoms with E-state index in [0.29, 0.717) is 6.42 Å². The molecule has 1 aliphatic rings. The molecule has 23 heavy (non-hydrogen) atoms. The van der Waals surface area contributed by atoms with Crippen LogP contribution in [0.15, 0.2) is 41.9 Å². The largest absolute Gasteiger partial charge is 0.310 e. The number of hydrogen-bond donors (Lipinski definition) is 1. The SMILES string of the molecule is Cc1cc(C)cc(-n2ncc3c2NC(=O)CC3c2cccs2)c1. The molecule has 4 rings (SSSR count). The number of rotatable bonds is 2. The first kappa shape index (κ1) is 14.2. The van der Waals surface area contributed by atoms with Gasteiger partial charge in [-0.25, -0.2) is 4.68 Å². The Morgan fingerprint density at radius 3 is 2.74 bits per heavy atom. The normalized spacial score (nSPS) is 17.0. The van der Waals surface area contributed by atoms with Crippen LogP contribution in [0.5, 0.6) is 0 Å². The van der Waals surface area contributed by atoms with Crippen molar-refractivity contribution >= 4 is 23.1 Å². The number of thiophene rings is 1. The van der Waals surface area contributed by atoms with Gasteiger partial charge in [0.25, 0.3) is 0 Å². The van der Waals surface area contributed by atoms with Gasteiger partial charge in [0.05, 0.1) is 11.9 Å². The van der Waals surface area contributed by atoms with Crippen LogP contribution in [0.25, 0.3) is 5.69 Å². The third-order valence-corrected chi connectivity index (χ3v) is 5.14. The van der Waals surface area contributed by atoms with Crippen LogP contribution >= 0.6 is 11.3 Å². The number of nitrogens with zero attached hydrogens (tertiary/aromatic N) is 2. The molecular formula is C18H17N3OS. The lowest BCUT2D eigenvalue weighted by Gasteiger charge is -2.22. The molecular weight excluding hydrogens is 306 g/mol. The van der Waals surface area contributed by atoms with Crippen molar-refractivity contribution in [2.45, 2.75) is 26.2 Å². The zero-order valence-electron chi connectivity index (χ0n) is 13.0. The molecule has 0 radical (unpaired) electrons. The summed E-state index contributed by atoms with van der Waals surface area (Å²) < 4.78 is 1.84. The number of benzene rings is 1. The Morgan fingerprint density at radius 2 is 2.04 bits per heavy atom. The predicted octanol–water partition coefficient (Wildman–Crippen LogP) is 4.02. The molecule has 0 bridgehead atoms. The van der Waals surface area contributed by atoms with Crippen LogP contribution < -0.4 is 5.32 Å². The van der Waals surface area contributed by atoms with Gasteiger partial charge < -0.3 is 5.32 Å². The molecule has 0 saturated heterocycles. The van der Waals surface area contributed by atoms with Crippen LogP contribution in [-0.2, 0) is 4.79 Å². The van der Waals surface area contributed by atoms with Crippen LogP contribution in [0, 0.1) is 13.8 Å². The van der Waals surface area contributed by atoms with Crippen molar-refractivity contribution < 1.29 is 4.79 Å². The second-order valence-electron chi connectivity index (χ2n) is 6.03. The van der Waals surface area contributed by atoms with E-state index in [1.165, 1.54) is 16.0 Å². The topological polar surface area (TPSA) is 46.9 Å². The molecule has 3 aromatic rings. The van der Waals surface area contributed by atoms with Gasteiger partial charge in [0.1, 0.15) is 5.82 Å². The lowest BCUT2D eigenvalue weighted by molar-refractivity contribution is -0.116. The molecule has 0 fully saturated rings. The third-order valence-electron chi connectivity index (χ3n) is 4.16. The minimum absolute atomic E-state index is 0.0435. The van der Waals surface area contributed by atoms with Gasteiger partial charge in [-0.2, -0.15) is 5.10 Å². The van der Waals surface area contributed by atoms with Crippen LogP contribution in [0.2, 0.25) is 0 Å². The third kappa shape index (κ3) is 2.47. The monoisotopic (exact) mass is 323 g/mol. The van der Waals surface area contributed by atoms with E-state index in [-0.39, 0.29) is 11.8 Å². The number of carbonyl (C=O) groups is 1. The second kappa shape index (κ2) is 5.35. The van der Waals surface area contributed by atoms with E-state index in [1.54, 1.807) is 11.3 Å². The first-order chi connectivity index (χ1) is 11.1. The van der Waals surface area contributed by atoms with Gasteiger partial charge >= 0.3 is 0 Å². The van der Waals surface area contributed by atoms with Crippen molar-refractivity contribution in [2.75, 3.05) is 5.32 Å². The summed E-state index contributed by atoms with van der Waals surface area (Å²) in [5.74, 6) is 0.935. The Hall–Kier alpha value is -2.40. The molecule has 0 aliphatic carbocycles. The van der Waals surface area contributed by atoms with Gasteiger partial charge in [-0.15, -0.1) is 11.3 Å². The van der Waals surface area contributed by atoms with E-state index in [2.05, 4.69) is 53.9 Å². The minimum Gasteiger partial charge on any atom is -0.310 e. The summed E-state index contributed by atoms with van der Waals surface area (Å²) >= 11 is 1.69. The van der Waals surface area contributed by atoms with Crippen LogP contribution in [0.1, 0.15) is 33.9 Å². The van der Waals surface area contributed by atoms with Crippen LogP contribution in [0.4, 0.5) is 5.82 Å². The number of anilines is 1. The number of nitrogens with one attached hydrogen (secondary N) is 1. The number of hydrogen-bond acceptors (Lipinski definition) is 3. The van der Waals surface area contributed by atoms with Crippen LogP contribution in [-0.4, -0.2) is 15.7 Å². The molecule has 5 heteroatoms. The lowest BCUT2D eigenvalue weighted by atomic mass is 9.93. The highest BCUT2D eigenvalue weighted by Crippen LogP contribution is 2.39. The van der Waals surface area contributed by atoms with E-state index in [9.17, 15) is 4.79 Å². The molecule has 0 saturated carbocycles. The molecule has 1 atom stereocenters. The first-order valence-corrected chi connectivity index (χ1v) is 8.49. The predicted molar refractivity (Wildman–Crippen MR) is 92.4 cm³/mol. The van der Waals surface area contributed by atoms with Crippen molar-refractivity contribution in [2.24, 2.45) is 0 Å². The summed E-state index contributed by atoms with van der Waals surface area (Å²) in [7, 11) is 0. The number of aryl methyl sites for hydroxylation is 2. The summed E-state index contributed by atoms with van der Waals surface area (Å²) in [6.07, 6.45) is 2.36. The standard InChI is InChI=1S/C18H17N3OS/c1-11-6-12(2)8-13(7-11)21-18-15(10-19-21)14(9-17(22)20-18)16-4-3-5-23-16/h3-8,10,14H,9H2,1-2H3,(H,20,22). The van der Waals surface area contributed by atoms with Crippen molar-refractivity contribution in [3.05, 3.63) is 63.5 Å². The zero-order chi connectivity index (χ0) is 16.0. The van der Waals surface area contributed by atoms with Crippen molar-refractivity contribution in [1.82, 2.24) is 9.78 Å². The summed E-state index contributed by atoms with van der Waals surface area (Å²) in [5.41, 5.74) is 4.43. The lowest BCUT2D eigenvalue weighted by Crippen LogP contribution is -2.24. The number of aromatic nitrogens is 2.